The van der Waals surface area contributed by atoms with Crippen molar-refractivity contribution < 1.29 is 9.90 Å². The number of nitrogens with zero attached hydrogens (tertiary/aromatic N) is 4. The molecular formula is C20H12ClN5O2. The molecule has 2 N–H and O–H groups in total. The average Bonchev–Trinajstić information content (AvgIpc) is 3.13. The lowest BCUT2D eigenvalue weighted by molar-refractivity contribution is 0.102. The highest BCUT2D eigenvalue weighted by molar-refractivity contribution is 6.30. The number of halogens is 1. The third-order valence-corrected chi connectivity index (χ3v) is 4.34. The fourth-order valence-electron chi connectivity index (χ4n) is 2.66. The molecule has 0 aliphatic carbocycles. The van der Waals surface area contributed by atoms with Crippen molar-refractivity contribution in [3.05, 3.63) is 77.1 Å². The van der Waals surface area contributed by atoms with Gasteiger partial charge in [0.2, 0.25) is 0 Å². The maximum atomic E-state index is 12.5. The highest BCUT2D eigenvalue weighted by atomic mass is 35.5. The van der Waals surface area contributed by atoms with Crippen LogP contribution in [0, 0.1) is 11.3 Å². The van der Waals surface area contributed by atoms with E-state index < -0.39 is 5.91 Å². The van der Waals surface area contributed by atoms with Crippen molar-refractivity contribution in [2.24, 2.45) is 0 Å². The molecule has 0 fully saturated rings. The first-order valence-electron chi connectivity index (χ1n) is 8.19. The second-order valence-electron chi connectivity index (χ2n) is 5.98. The van der Waals surface area contributed by atoms with Crippen LogP contribution in [0.4, 0.5) is 5.69 Å². The van der Waals surface area contributed by atoms with Gasteiger partial charge < -0.3 is 10.4 Å². The largest absolute Gasteiger partial charge is 0.506 e. The third kappa shape index (κ3) is 3.37. The molecule has 0 atom stereocenters. The topological polar surface area (TPSA) is 103 Å². The van der Waals surface area contributed by atoms with E-state index in [1.54, 1.807) is 24.4 Å². The lowest BCUT2D eigenvalue weighted by atomic mass is 10.2. The molecule has 4 rings (SSSR count). The minimum atomic E-state index is -0.483. The van der Waals surface area contributed by atoms with Gasteiger partial charge in [-0.2, -0.15) is 10.4 Å². The first-order valence-corrected chi connectivity index (χ1v) is 8.57. The normalized spacial score (nSPS) is 10.6. The molecule has 2 aromatic heterocycles. The summed E-state index contributed by atoms with van der Waals surface area (Å²) in [7, 11) is 0. The van der Waals surface area contributed by atoms with Gasteiger partial charge in [0, 0.05) is 29.0 Å². The number of anilines is 1. The summed E-state index contributed by atoms with van der Waals surface area (Å²) in [5.74, 6) is -0.617. The van der Waals surface area contributed by atoms with Crippen molar-refractivity contribution in [3.63, 3.8) is 0 Å². The van der Waals surface area contributed by atoms with Crippen molar-refractivity contribution in [2.75, 3.05) is 5.32 Å². The predicted octanol–water partition coefficient (Wildman–Crippen LogP) is 3.88. The molecule has 2 heterocycles. The number of hydrogen-bond donors (Lipinski definition) is 2. The number of phenols is 1. The molecule has 0 saturated heterocycles. The van der Waals surface area contributed by atoms with E-state index in [0.717, 1.165) is 5.56 Å². The van der Waals surface area contributed by atoms with Crippen LogP contribution in [0.25, 0.3) is 16.9 Å². The third-order valence-electron chi connectivity index (χ3n) is 4.09. The summed E-state index contributed by atoms with van der Waals surface area (Å²) < 4.78 is 1.50. The predicted molar refractivity (Wildman–Crippen MR) is 104 cm³/mol. The van der Waals surface area contributed by atoms with E-state index >= 15 is 0 Å². The number of aromatic nitrogens is 3. The van der Waals surface area contributed by atoms with Crippen molar-refractivity contribution in [2.45, 2.75) is 0 Å². The van der Waals surface area contributed by atoms with E-state index in [0.29, 0.717) is 21.9 Å². The Morgan fingerprint density at radius 2 is 1.96 bits per heavy atom. The molecule has 0 radical (unpaired) electrons. The molecule has 0 aliphatic rings. The number of fused-ring (bicyclic) bond motifs is 1. The monoisotopic (exact) mass is 389 g/mol. The summed E-state index contributed by atoms with van der Waals surface area (Å²) in [4.78, 5) is 16.8. The van der Waals surface area contributed by atoms with Gasteiger partial charge in [-0.15, -0.1) is 0 Å². The van der Waals surface area contributed by atoms with Crippen LogP contribution in [-0.2, 0) is 0 Å². The summed E-state index contributed by atoms with van der Waals surface area (Å²) in [5, 5.41) is 26.5. The zero-order valence-electron chi connectivity index (χ0n) is 14.3. The van der Waals surface area contributed by atoms with Crippen LogP contribution in [-0.4, -0.2) is 25.6 Å². The van der Waals surface area contributed by atoms with Crippen LogP contribution in [0.15, 0.2) is 60.9 Å². The van der Waals surface area contributed by atoms with Crippen molar-refractivity contribution in [1.29, 1.82) is 5.26 Å². The van der Waals surface area contributed by atoms with Gasteiger partial charge in [0.1, 0.15) is 5.75 Å². The minimum absolute atomic E-state index is 0.134. The number of phenolic OH excluding ortho intramolecular Hbond substituents is 1. The second kappa shape index (κ2) is 7.02. The number of aromatic hydroxyl groups is 1. The maximum absolute atomic E-state index is 12.5. The van der Waals surface area contributed by atoms with Gasteiger partial charge in [0.05, 0.1) is 28.6 Å². The zero-order valence-corrected chi connectivity index (χ0v) is 15.1. The van der Waals surface area contributed by atoms with E-state index in [4.69, 9.17) is 16.9 Å². The summed E-state index contributed by atoms with van der Waals surface area (Å²) in [6.07, 6.45) is 2.96. The average molecular weight is 390 g/mol. The Balaban J connectivity index is 1.63. The van der Waals surface area contributed by atoms with E-state index in [-0.39, 0.29) is 17.0 Å². The Morgan fingerprint density at radius 1 is 1.18 bits per heavy atom. The quantitative estimate of drug-likeness (QED) is 0.517. The van der Waals surface area contributed by atoms with Crippen LogP contribution in [0.5, 0.6) is 5.75 Å². The Morgan fingerprint density at radius 3 is 2.71 bits per heavy atom. The van der Waals surface area contributed by atoms with Gasteiger partial charge in [-0.3, -0.25) is 4.79 Å². The Bertz CT molecular complexity index is 1240. The van der Waals surface area contributed by atoms with Gasteiger partial charge in [-0.25, -0.2) is 9.50 Å². The number of rotatable bonds is 3. The number of amides is 1. The fraction of sp³-hybridized carbons (Fsp3) is 0. The molecule has 0 saturated carbocycles. The molecular weight excluding hydrogens is 378 g/mol. The van der Waals surface area contributed by atoms with E-state index in [1.807, 2.05) is 18.2 Å². The SMILES string of the molecule is N#Cc1ccc(O)c(NC(=O)c2cnc3cc(-c4ccc(Cl)cc4)nn3c2)c1. The number of carbonyl (C=O) groups excluding carboxylic acids is 1. The summed E-state index contributed by atoms with van der Waals surface area (Å²) >= 11 is 5.91. The molecule has 8 heteroatoms. The molecule has 136 valence electrons. The number of nitrogens with one attached hydrogen (secondary N) is 1. The lowest BCUT2D eigenvalue weighted by Gasteiger charge is -2.07. The van der Waals surface area contributed by atoms with Crippen molar-refractivity contribution >= 4 is 28.8 Å². The number of carbonyl (C=O) groups is 1. The summed E-state index contributed by atoms with van der Waals surface area (Å²) in [6.45, 7) is 0. The number of nitriles is 1. The molecule has 4 aromatic rings. The van der Waals surface area contributed by atoms with Crippen LogP contribution >= 0.6 is 11.6 Å². The lowest BCUT2D eigenvalue weighted by Crippen LogP contribution is -2.13. The standard InChI is InChI=1S/C20H12ClN5O2/c21-15-4-2-13(3-5-15)16-8-19-23-10-14(11-26(19)25-16)20(28)24-17-7-12(9-22)1-6-18(17)27/h1-8,10-11,27H,(H,24,28). The first kappa shape index (κ1) is 17.5. The van der Waals surface area contributed by atoms with Gasteiger partial charge >= 0.3 is 0 Å². The molecule has 0 bridgehead atoms. The molecule has 0 unspecified atom stereocenters. The molecule has 0 spiro atoms. The number of hydrogen-bond acceptors (Lipinski definition) is 5. The molecule has 28 heavy (non-hydrogen) atoms. The highest BCUT2D eigenvalue weighted by Gasteiger charge is 2.13. The van der Waals surface area contributed by atoms with Crippen LogP contribution < -0.4 is 5.32 Å². The summed E-state index contributed by atoms with van der Waals surface area (Å²) in [6, 6.07) is 15.2. The second-order valence-corrected chi connectivity index (χ2v) is 6.42. The molecule has 1 amide bonds. The molecule has 2 aromatic carbocycles. The smallest absolute Gasteiger partial charge is 0.258 e. The van der Waals surface area contributed by atoms with Crippen LogP contribution in [0.3, 0.4) is 0 Å². The Kier molecular flexibility index (Phi) is 4.39. The first-order chi connectivity index (χ1) is 13.5. The van der Waals surface area contributed by atoms with Gasteiger partial charge in [0.15, 0.2) is 5.65 Å². The number of benzene rings is 2. The molecule has 0 aliphatic heterocycles. The van der Waals surface area contributed by atoms with Gasteiger partial charge in [-0.1, -0.05) is 23.7 Å². The Labute approximate surface area is 164 Å². The maximum Gasteiger partial charge on any atom is 0.258 e. The zero-order chi connectivity index (χ0) is 19.7. The van der Waals surface area contributed by atoms with Crippen molar-refractivity contribution in [1.82, 2.24) is 14.6 Å². The van der Waals surface area contributed by atoms with Gasteiger partial charge in [0.25, 0.3) is 5.91 Å². The summed E-state index contributed by atoms with van der Waals surface area (Å²) in [5.41, 5.74) is 2.86. The minimum Gasteiger partial charge on any atom is -0.506 e. The van der Waals surface area contributed by atoms with E-state index in [1.165, 1.54) is 28.9 Å². The highest BCUT2D eigenvalue weighted by Crippen LogP contribution is 2.25. The van der Waals surface area contributed by atoms with E-state index in [9.17, 15) is 9.90 Å². The van der Waals surface area contributed by atoms with Crippen LogP contribution in [0.2, 0.25) is 5.02 Å². The van der Waals surface area contributed by atoms with Crippen LogP contribution in [0.1, 0.15) is 15.9 Å². The Hall–Kier alpha value is -3.89. The van der Waals surface area contributed by atoms with E-state index in [2.05, 4.69) is 15.4 Å². The van der Waals surface area contributed by atoms with Crippen molar-refractivity contribution in [3.8, 4) is 23.1 Å². The molecule has 7 nitrogen and oxygen atoms in total. The van der Waals surface area contributed by atoms with Gasteiger partial charge in [-0.05, 0) is 30.3 Å². The fourth-order valence-corrected chi connectivity index (χ4v) is 2.78.